The third kappa shape index (κ3) is 3.50. The van der Waals surface area contributed by atoms with Crippen LogP contribution in [0.1, 0.15) is 64.6 Å². The fraction of sp³-hybridized carbons (Fsp3) is 0.368. The molecule has 0 spiro atoms. The van der Waals surface area contributed by atoms with Crippen molar-refractivity contribution >= 4 is 11.9 Å². The summed E-state index contributed by atoms with van der Waals surface area (Å²) >= 11 is 0. The summed E-state index contributed by atoms with van der Waals surface area (Å²) in [6, 6.07) is 9.77. The lowest BCUT2D eigenvalue weighted by molar-refractivity contribution is 0.0688. The Balaban J connectivity index is 1.76. The Kier molecular flexibility index (Phi) is 4.42. The van der Waals surface area contributed by atoms with Crippen molar-refractivity contribution in [1.29, 1.82) is 0 Å². The number of furan rings is 1. The molecule has 2 aromatic rings. The summed E-state index contributed by atoms with van der Waals surface area (Å²) in [5, 5.41) is 8.96. The van der Waals surface area contributed by atoms with Crippen molar-refractivity contribution in [3.63, 3.8) is 0 Å². The van der Waals surface area contributed by atoms with Gasteiger partial charge in [0, 0.05) is 18.7 Å². The highest BCUT2D eigenvalue weighted by Crippen LogP contribution is 2.30. The van der Waals surface area contributed by atoms with Crippen LogP contribution in [0.2, 0.25) is 0 Å². The normalized spacial score (nSPS) is 14.0. The van der Waals surface area contributed by atoms with Gasteiger partial charge in [0.2, 0.25) is 0 Å². The molecule has 1 heterocycles. The summed E-state index contributed by atoms with van der Waals surface area (Å²) in [6.07, 6.45) is 3.06. The van der Waals surface area contributed by atoms with E-state index in [0.29, 0.717) is 12.5 Å². The predicted molar refractivity (Wildman–Crippen MR) is 89.1 cm³/mol. The first kappa shape index (κ1) is 16.3. The quantitative estimate of drug-likeness (QED) is 0.873. The summed E-state index contributed by atoms with van der Waals surface area (Å²) in [5.74, 6) is -0.797. The molecule has 1 fully saturated rings. The van der Waals surface area contributed by atoms with E-state index in [4.69, 9.17) is 9.52 Å². The van der Waals surface area contributed by atoms with Gasteiger partial charge >= 0.3 is 5.97 Å². The zero-order valence-electron chi connectivity index (χ0n) is 13.9. The van der Waals surface area contributed by atoms with E-state index >= 15 is 0 Å². The lowest BCUT2D eigenvalue weighted by Gasteiger charge is -2.21. The lowest BCUT2D eigenvalue weighted by atomic mass is 10.0. The lowest BCUT2D eigenvalue weighted by Crippen LogP contribution is -2.32. The van der Waals surface area contributed by atoms with Gasteiger partial charge in [-0.3, -0.25) is 4.79 Å². The minimum Gasteiger partial charge on any atom is -0.478 e. The van der Waals surface area contributed by atoms with Crippen LogP contribution in [0.4, 0.5) is 0 Å². The van der Waals surface area contributed by atoms with Crippen LogP contribution in [0, 0.1) is 0 Å². The van der Waals surface area contributed by atoms with Gasteiger partial charge in [-0.1, -0.05) is 38.1 Å². The monoisotopic (exact) mass is 327 g/mol. The standard InChI is InChI=1S/C19H21NO4/c1-12(2)14-5-3-13(4-6-14)10-20(16-7-8-16)18(21)17-9-15(11-24-17)19(22)23/h3-6,9,11-12,16H,7-8,10H2,1-2H3,(H,22,23). The van der Waals surface area contributed by atoms with Gasteiger partial charge in [0.25, 0.3) is 5.91 Å². The molecule has 0 bridgehead atoms. The largest absolute Gasteiger partial charge is 0.478 e. The topological polar surface area (TPSA) is 70.8 Å². The molecule has 1 aromatic carbocycles. The molecule has 5 heteroatoms. The average molecular weight is 327 g/mol. The number of carbonyl (C=O) groups is 2. The van der Waals surface area contributed by atoms with Crippen LogP contribution in [0.5, 0.6) is 0 Å². The number of hydrogen-bond donors (Lipinski definition) is 1. The molecule has 1 N–H and O–H groups in total. The predicted octanol–water partition coefficient (Wildman–Crippen LogP) is 3.91. The first-order valence-electron chi connectivity index (χ1n) is 8.17. The smallest absolute Gasteiger partial charge is 0.338 e. The molecule has 1 amide bonds. The number of hydrogen-bond acceptors (Lipinski definition) is 3. The summed E-state index contributed by atoms with van der Waals surface area (Å²) in [4.78, 5) is 25.4. The molecule has 3 rings (SSSR count). The molecule has 0 radical (unpaired) electrons. The van der Waals surface area contributed by atoms with Crippen molar-refractivity contribution < 1.29 is 19.1 Å². The number of carboxylic acids is 1. The van der Waals surface area contributed by atoms with Crippen molar-refractivity contribution in [1.82, 2.24) is 4.90 Å². The number of rotatable bonds is 6. The Labute approximate surface area is 140 Å². The maximum absolute atomic E-state index is 12.7. The highest BCUT2D eigenvalue weighted by atomic mass is 16.4. The van der Waals surface area contributed by atoms with Gasteiger partial charge in [0.15, 0.2) is 5.76 Å². The van der Waals surface area contributed by atoms with Gasteiger partial charge in [0.1, 0.15) is 6.26 Å². The summed E-state index contributed by atoms with van der Waals surface area (Å²) in [6.45, 7) is 4.79. The Hall–Kier alpha value is -2.56. The van der Waals surface area contributed by atoms with E-state index in [-0.39, 0.29) is 23.3 Å². The van der Waals surface area contributed by atoms with Crippen LogP contribution in [-0.2, 0) is 6.54 Å². The molecular formula is C19H21NO4. The fourth-order valence-corrected chi connectivity index (χ4v) is 2.66. The minimum absolute atomic E-state index is 0.00427. The first-order valence-corrected chi connectivity index (χ1v) is 8.17. The van der Waals surface area contributed by atoms with Crippen LogP contribution in [0.15, 0.2) is 41.0 Å². The second kappa shape index (κ2) is 6.51. The van der Waals surface area contributed by atoms with Gasteiger partial charge in [-0.05, 0) is 29.9 Å². The molecule has 126 valence electrons. The van der Waals surface area contributed by atoms with Crippen LogP contribution in [-0.4, -0.2) is 27.9 Å². The highest BCUT2D eigenvalue weighted by molar-refractivity contribution is 5.95. The highest BCUT2D eigenvalue weighted by Gasteiger charge is 2.34. The fourth-order valence-electron chi connectivity index (χ4n) is 2.66. The SMILES string of the molecule is CC(C)c1ccc(CN(C(=O)c2cc(C(=O)O)co2)C2CC2)cc1. The van der Waals surface area contributed by atoms with Gasteiger partial charge in [0.05, 0.1) is 5.56 Å². The number of amides is 1. The second-order valence-corrected chi connectivity index (χ2v) is 6.57. The third-order valence-electron chi connectivity index (χ3n) is 4.31. The van der Waals surface area contributed by atoms with Crippen LogP contribution >= 0.6 is 0 Å². The molecule has 1 saturated carbocycles. The van der Waals surface area contributed by atoms with Gasteiger partial charge in [-0.25, -0.2) is 4.79 Å². The molecule has 1 aliphatic carbocycles. The van der Waals surface area contributed by atoms with Gasteiger partial charge < -0.3 is 14.4 Å². The molecule has 0 unspecified atom stereocenters. The maximum atomic E-state index is 12.7. The zero-order chi connectivity index (χ0) is 17.3. The van der Waals surface area contributed by atoms with Crippen molar-refractivity contribution in [2.75, 3.05) is 0 Å². The Morgan fingerprint density at radius 1 is 1.25 bits per heavy atom. The molecule has 0 saturated heterocycles. The van der Waals surface area contributed by atoms with Crippen LogP contribution in [0.3, 0.4) is 0 Å². The molecule has 24 heavy (non-hydrogen) atoms. The summed E-state index contributed by atoms with van der Waals surface area (Å²) < 4.78 is 5.16. The number of carbonyl (C=O) groups excluding carboxylic acids is 1. The number of benzene rings is 1. The Morgan fingerprint density at radius 3 is 2.42 bits per heavy atom. The minimum atomic E-state index is -1.10. The van der Waals surface area contributed by atoms with E-state index in [0.717, 1.165) is 24.7 Å². The molecular weight excluding hydrogens is 306 g/mol. The van der Waals surface area contributed by atoms with Crippen molar-refractivity contribution in [2.24, 2.45) is 0 Å². The van der Waals surface area contributed by atoms with E-state index in [1.54, 1.807) is 4.90 Å². The molecule has 5 nitrogen and oxygen atoms in total. The van der Waals surface area contributed by atoms with E-state index in [1.807, 2.05) is 12.1 Å². The molecule has 0 aliphatic heterocycles. The number of aromatic carboxylic acids is 1. The summed E-state index contributed by atoms with van der Waals surface area (Å²) in [5.41, 5.74) is 2.32. The first-order chi connectivity index (χ1) is 11.5. The van der Waals surface area contributed by atoms with E-state index in [2.05, 4.69) is 26.0 Å². The zero-order valence-corrected chi connectivity index (χ0v) is 13.9. The van der Waals surface area contributed by atoms with Crippen molar-refractivity contribution in [2.45, 2.75) is 45.2 Å². The number of carboxylic acid groups (broad SMARTS) is 1. The number of nitrogens with zero attached hydrogens (tertiary/aromatic N) is 1. The van der Waals surface area contributed by atoms with Gasteiger partial charge in [-0.2, -0.15) is 0 Å². The van der Waals surface area contributed by atoms with E-state index in [1.165, 1.54) is 11.6 Å². The van der Waals surface area contributed by atoms with E-state index < -0.39 is 5.97 Å². The maximum Gasteiger partial charge on any atom is 0.338 e. The van der Waals surface area contributed by atoms with Gasteiger partial charge in [-0.15, -0.1) is 0 Å². The third-order valence-corrected chi connectivity index (χ3v) is 4.31. The second-order valence-electron chi connectivity index (χ2n) is 6.57. The molecule has 1 aromatic heterocycles. The Morgan fingerprint density at radius 2 is 1.92 bits per heavy atom. The van der Waals surface area contributed by atoms with Crippen LogP contribution < -0.4 is 0 Å². The molecule has 0 atom stereocenters. The Bertz CT molecular complexity index is 741. The van der Waals surface area contributed by atoms with Crippen molar-refractivity contribution in [3.8, 4) is 0 Å². The summed E-state index contributed by atoms with van der Waals surface area (Å²) in [7, 11) is 0. The molecule has 1 aliphatic rings. The van der Waals surface area contributed by atoms with E-state index in [9.17, 15) is 9.59 Å². The van der Waals surface area contributed by atoms with Crippen molar-refractivity contribution in [3.05, 3.63) is 59.0 Å². The average Bonchev–Trinajstić information content (AvgIpc) is 3.27. The van der Waals surface area contributed by atoms with Crippen LogP contribution in [0.25, 0.3) is 0 Å².